The van der Waals surface area contributed by atoms with E-state index in [9.17, 15) is 22.8 Å². The number of anilines is 1. The van der Waals surface area contributed by atoms with E-state index in [1.165, 1.54) is 12.1 Å². The van der Waals surface area contributed by atoms with Crippen LogP contribution in [0.25, 0.3) is 0 Å². The quantitative estimate of drug-likeness (QED) is 0.356. The Hall–Kier alpha value is -2.90. The molecule has 4 rings (SSSR count). The highest BCUT2D eigenvalue weighted by Crippen LogP contribution is 2.39. The molecule has 1 aromatic carbocycles. The number of esters is 1. The predicted octanol–water partition coefficient (Wildman–Crippen LogP) is 6.50. The van der Waals surface area contributed by atoms with Gasteiger partial charge >= 0.3 is 12.1 Å². The standard InChI is InChI=1S/C29H35F3N2O3/c1-2-37-28(36)25-7-4-16-33-26(25)13-8-20-5-3-6-22(20)19-27(35)21-14-17-34(18-15-21)24-11-9-23(10-12-24)29(30,31)32/h4,7,9-12,16,20-22H,2-3,5-6,8,13-15,17-19H2,1H3/t20-,22+/m0/s1. The van der Waals surface area contributed by atoms with E-state index >= 15 is 0 Å². The van der Waals surface area contributed by atoms with Gasteiger partial charge in [0.15, 0.2) is 0 Å². The maximum Gasteiger partial charge on any atom is 0.416 e. The van der Waals surface area contributed by atoms with Gasteiger partial charge in [0.05, 0.1) is 23.4 Å². The average molecular weight is 517 g/mol. The van der Waals surface area contributed by atoms with E-state index in [0.29, 0.717) is 55.7 Å². The SMILES string of the molecule is CCOC(=O)c1cccnc1CC[C@@H]1CCC[C@@H]1CC(=O)C1CCN(c2ccc(C(F)(F)F)cc2)CC1. The Kier molecular flexibility index (Phi) is 8.87. The molecule has 2 heterocycles. The number of Topliss-reactive ketones (excluding diaryl/α,β-unsaturated/α-hetero) is 1. The van der Waals surface area contributed by atoms with Crippen LogP contribution in [0.5, 0.6) is 0 Å². The number of carbonyl (C=O) groups excluding carboxylic acids is 2. The molecule has 1 aromatic heterocycles. The van der Waals surface area contributed by atoms with Crippen LogP contribution < -0.4 is 4.90 Å². The number of alkyl halides is 3. The summed E-state index contributed by atoms with van der Waals surface area (Å²) in [5.41, 5.74) is 1.41. The Morgan fingerprint density at radius 1 is 1.03 bits per heavy atom. The van der Waals surface area contributed by atoms with Crippen LogP contribution in [0.15, 0.2) is 42.6 Å². The number of ether oxygens (including phenoxy) is 1. The molecule has 1 saturated carbocycles. The van der Waals surface area contributed by atoms with Crippen molar-refractivity contribution in [1.82, 2.24) is 4.98 Å². The zero-order chi connectivity index (χ0) is 26.4. The number of benzene rings is 1. The van der Waals surface area contributed by atoms with Gasteiger partial charge in [-0.25, -0.2) is 4.79 Å². The summed E-state index contributed by atoms with van der Waals surface area (Å²) < 4.78 is 43.7. The van der Waals surface area contributed by atoms with E-state index in [4.69, 9.17) is 4.74 Å². The molecule has 1 aliphatic heterocycles. The fourth-order valence-electron chi connectivity index (χ4n) is 5.86. The third-order valence-electron chi connectivity index (χ3n) is 7.93. The second kappa shape index (κ2) is 12.1. The van der Waals surface area contributed by atoms with Gasteiger partial charge in [-0.3, -0.25) is 9.78 Å². The first-order valence-corrected chi connectivity index (χ1v) is 13.3. The minimum Gasteiger partial charge on any atom is -0.462 e. The van der Waals surface area contributed by atoms with Gasteiger partial charge in [-0.2, -0.15) is 13.2 Å². The van der Waals surface area contributed by atoms with E-state index in [-0.39, 0.29) is 11.9 Å². The number of hydrogen-bond donors (Lipinski definition) is 0. The molecule has 0 spiro atoms. The number of nitrogens with zero attached hydrogens (tertiary/aromatic N) is 2. The molecule has 0 amide bonds. The number of hydrogen-bond acceptors (Lipinski definition) is 5. The Balaban J connectivity index is 1.27. The topological polar surface area (TPSA) is 59.5 Å². The summed E-state index contributed by atoms with van der Waals surface area (Å²) >= 11 is 0. The smallest absolute Gasteiger partial charge is 0.416 e. The maximum absolute atomic E-state index is 13.2. The summed E-state index contributed by atoms with van der Waals surface area (Å²) in [4.78, 5) is 31.9. The van der Waals surface area contributed by atoms with Crippen molar-refractivity contribution < 1.29 is 27.5 Å². The molecule has 0 radical (unpaired) electrons. The maximum atomic E-state index is 13.2. The molecule has 2 aliphatic rings. The van der Waals surface area contributed by atoms with E-state index in [2.05, 4.69) is 9.88 Å². The van der Waals surface area contributed by atoms with E-state index < -0.39 is 11.7 Å². The summed E-state index contributed by atoms with van der Waals surface area (Å²) in [6.07, 6.45) is 4.25. The van der Waals surface area contributed by atoms with Crippen molar-refractivity contribution in [3.8, 4) is 0 Å². The fraction of sp³-hybridized carbons (Fsp3) is 0.552. The molecular weight excluding hydrogens is 481 g/mol. The van der Waals surface area contributed by atoms with Crippen LogP contribution in [0.1, 0.15) is 73.5 Å². The zero-order valence-electron chi connectivity index (χ0n) is 21.3. The van der Waals surface area contributed by atoms with Gasteiger partial charge < -0.3 is 9.64 Å². The number of aromatic nitrogens is 1. The molecule has 1 aliphatic carbocycles. The molecule has 0 N–H and O–H groups in total. The second-order valence-corrected chi connectivity index (χ2v) is 10.2. The lowest BCUT2D eigenvalue weighted by Gasteiger charge is -2.33. The van der Waals surface area contributed by atoms with Crippen molar-refractivity contribution in [2.75, 3.05) is 24.6 Å². The van der Waals surface area contributed by atoms with Crippen LogP contribution in [0, 0.1) is 17.8 Å². The van der Waals surface area contributed by atoms with Crippen LogP contribution >= 0.6 is 0 Å². The molecule has 5 nitrogen and oxygen atoms in total. The molecule has 37 heavy (non-hydrogen) atoms. The van der Waals surface area contributed by atoms with Gasteiger partial charge in [0.1, 0.15) is 5.78 Å². The summed E-state index contributed by atoms with van der Waals surface area (Å²) in [5, 5.41) is 0. The molecule has 2 fully saturated rings. The van der Waals surface area contributed by atoms with E-state index in [0.717, 1.165) is 62.0 Å². The molecule has 200 valence electrons. The van der Waals surface area contributed by atoms with Gasteiger partial charge in [0, 0.05) is 37.3 Å². The number of halogens is 3. The van der Waals surface area contributed by atoms with Gasteiger partial charge in [-0.05, 0) is 87.3 Å². The molecule has 2 aromatic rings. The number of ketones is 1. The van der Waals surface area contributed by atoms with Crippen molar-refractivity contribution in [3.63, 3.8) is 0 Å². The average Bonchev–Trinajstić information content (AvgIpc) is 3.34. The summed E-state index contributed by atoms with van der Waals surface area (Å²) in [6.45, 7) is 3.45. The van der Waals surface area contributed by atoms with Crippen molar-refractivity contribution in [3.05, 3.63) is 59.4 Å². The van der Waals surface area contributed by atoms with Gasteiger partial charge in [-0.15, -0.1) is 0 Å². The first-order chi connectivity index (χ1) is 17.8. The van der Waals surface area contributed by atoms with Crippen LogP contribution in [-0.2, 0) is 22.1 Å². The lowest BCUT2D eigenvalue weighted by atomic mass is 9.82. The van der Waals surface area contributed by atoms with Gasteiger partial charge in [0.25, 0.3) is 0 Å². The Bertz CT molecular complexity index is 1060. The minimum atomic E-state index is -4.34. The molecular formula is C29H35F3N2O3. The highest BCUT2D eigenvalue weighted by atomic mass is 19.4. The van der Waals surface area contributed by atoms with Crippen molar-refractivity contribution >= 4 is 17.4 Å². The Labute approximate surface area is 216 Å². The van der Waals surface area contributed by atoms with Crippen LogP contribution in [-0.4, -0.2) is 36.4 Å². The largest absolute Gasteiger partial charge is 0.462 e. The van der Waals surface area contributed by atoms with E-state index in [1.807, 2.05) is 0 Å². The van der Waals surface area contributed by atoms with Gasteiger partial charge in [0.2, 0.25) is 0 Å². The normalized spacial score (nSPS) is 20.7. The molecule has 0 unspecified atom stereocenters. The third kappa shape index (κ3) is 6.90. The monoisotopic (exact) mass is 516 g/mol. The number of rotatable bonds is 9. The number of piperidine rings is 1. The second-order valence-electron chi connectivity index (χ2n) is 10.2. The highest BCUT2D eigenvalue weighted by Gasteiger charge is 2.33. The van der Waals surface area contributed by atoms with E-state index in [1.54, 1.807) is 25.3 Å². The number of aryl methyl sites for hydroxylation is 1. The van der Waals surface area contributed by atoms with Crippen LogP contribution in [0.3, 0.4) is 0 Å². The predicted molar refractivity (Wildman–Crippen MR) is 135 cm³/mol. The first kappa shape index (κ1) is 27.1. The lowest BCUT2D eigenvalue weighted by molar-refractivity contribution is -0.137. The third-order valence-corrected chi connectivity index (χ3v) is 7.93. The number of pyridine rings is 1. The fourth-order valence-corrected chi connectivity index (χ4v) is 5.86. The Morgan fingerprint density at radius 3 is 2.41 bits per heavy atom. The highest BCUT2D eigenvalue weighted by molar-refractivity contribution is 5.90. The first-order valence-electron chi connectivity index (χ1n) is 13.3. The Morgan fingerprint density at radius 2 is 1.73 bits per heavy atom. The summed E-state index contributed by atoms with van der Waals surface area (Å²) in [5.74, 6) is 0.780. The van der Waals surface area contributed by atoms with Crippen molar-refractivity contribution in [2.24, 2.45) is 17.8 Å². The molecule has 1 saturated heterocycles. The molecule has 2 atom stereocenters. The lowest BCUT2D eigenvalue weighted by Crippen LogP contribution is -2.37. The molecule has 0 bridgehead atoms. The number of carbonyl (C=O) groups is 2. The summed E-state index contributed by atoms with van der Waals surface area (Å²) in [7, 11) is 0. The minimum absolute atomic E-state index is 0.0122. The molecule has 8 heteroatoms. The van der Waals surface area contributed by atoms with Gasteiger partial charge in [-0.1, -0.05) is 12.8 Å². The van der Waals surface area contributed by atoms with Crippen LogP contribution in [0.4, 0.5) is 18.9 Å². The van der Waals surface area contributed by atoms with Crippen molar-refractivity contribution in [1.29, 1.82) is 0 Å². The summed E-state index contributed by atoms with van der Waals surface area (Å²) in [6, 6.07) is 8.77. The zero-order valence-corrected chi connectivity index (χ0v) is 21.3. The van der Waals surface area contributed by atoms with Crippen LogP contribution in [0.2, 0.25) is 0 Å². The van der Waals surface area contributed by atoms with Crippen molar-refractivity contribution in [2.45, 2.75) is 64.5 Å².